The fourth-order valence-electron chi connectivity index (χ4n) is 1.37. The second-order valence-electron chi connectivity index (χ2n) is 3.31. The van der Waals surface area contributed by atoms with Crippen LogP contribution < -0.4 is 5.73 Å². The monoisotopic (exact) mass is 230 g/mol. The number of aromatic nitrogens is 3. The van der Waals surface area contributed by atoms with Gasteiger partial charge in [0.25, 0.3) is 5.91 Å². The van der Waals surface area contributed by atoms with Crippen LogP contribution in [-0.2, 0) is 4.74 Å². The second kappa shape index (κ2) is 3.79. The van der Waals surface area contributed by atoms with Crippen LogP contribution in [0.5, 0.6) is 0 Å². The van der Waals surface area contributed by atoms with Crippen molar-refractivity contribution in [1.29, 1.82) is 0 Å². The van der Waals surface area contributed by atoms with Crippen LogP contribution >= 0.6 is 0 Å². The molecule has 2 heterocycles. The number of carbonyl (C=O) groups is 1. The van der Waals surface area contributed by atoms with Crippen LogP contribution in [0.1, 0.15) is 16.8 Å². The van der Waals surface area contributed by atoms with E-state index >= 15 is 0 Å². The minimum atomic E-state index is -1.51. The van der Waals surface area contributed by atoms with E-state index in [0.717, 1.165) is 11.0 Å². The molecule has 1 amide bonds. The summed E-state index contributed by atoms with van der Waals surface area (Å²) >= 11 is 0. The molecule has 1 aliphatic rings. The predicted octanol–water partition coefficient (Wildman–Crippen LogP) is -3.05. The van der Waals surface area contributed by atoms with Gasteiger partial charge < -0.3 is 25.8 Å². The van der Waals surface area contributed by atoms with Gasteiger partial charge in [-0.2, -0.15) is 0 Å². The molecule has 0 radical (unpaired) electrons. The van der Waals surface area contributed by atoms with Crippen molar-refractivity contribution in [1.82, 2.24) is 14.8 Å². The van der Waals surface area contributed by atoms with E-state index in [4.69, 9.17) is 15.6 Å². The van der Waals surface area contributed by atoms with Crippen molar-refractivity contribution in [2.75, 3.05) is 0 Å². The molecule has 0 bridgehead atoms. The van der Waals surface area contributed by atoms with E-state index in [1.54, 1.807) is 0 Å². The third-order valence-electron chi connectivity index (χ3n) is 2.20. The molecule has 0 unspecified atom stereocenters. The lowest BCUT2D eigenvalue weighted by molar-refractivity contribution is -0.144. The van der Waals surface area contributed by atoms with E-state index in [1.165, 1.54) is 0 Å². The summed E-state index contributed by atoms with van der Waals surface area (Å²) in [6.45, 7) is 0. The Bertz CT molecular complexity index is 407. The molecule has 0 saturated carbocycles. The Balaban J connectivity index is 2.21. The highest BCUT2D eigenvalue weighted by molar-refractivity contribution is 5.88. The summed E-state index contributed by atoms with van der Waals surface area (Å²) in [7, 11) is 0. The number of primary amides is 1. The fraction of sp³-hybridized carbons (Fsp3) is 0.571. The Labute approximate surface area is 89.1 Å². The summed E-state index contributed by atoms with van der Waals surface area (Å²) in [5.41, 5.74) is 4.94. The van der Waals surface area contributed by atoms with Gasteiger partial charge in [0.1, 0.15) is 18.5 Å². The number of hydrogen-bond donors (Lipinski definition) is 4. The van der Waals surface area contributed by atoms with E-state index in [-0.39, 0.29) is 5.82 Å². The molecule has 0 aromatic carbocycles. The minimum absolute atomic E-state index is 0.244. The molecule has 4 atom stereocenters. The van der Waals surface area contributed by atoms with Crippen LogP contribution in [0, 0.1) is 0 Å². The lowest BCUT2D eigenvalue weighted by atomic mass is 10.2. The van der Waals surface area contributed by atoms with Crippen molar-refractivity contribution in [2.24, 2.45) is 5.73 Å². The van der Waals surface area contributed by atoms with Crippen LogP contribution in [0.25, 0.3) is 0 Å². The average Bonchev–Trinajstić information content (AvgIpc) is 2.79. The molecule has 0 spiro atoms. The summed E-state index contributed by atoms with van der Waals surface area (Å²) in [4.78, 5) is 14.3. The first kappa shape index (κ1) is 11.0. The van der Waals surface area contributed by atoms with Gasteiger partial charge in [0, 0.05) is 0 Å². The number of rotatable bonds is 2. The Kier molecular flexibility index (Phi) is 2.59. The summed E-state index contributed by atoms with van der Waals surface area (Å²) in [5.74, 6) is -1.07. The number of carbonyl (C=O) groups excluding carboxylic acids is 1. The maximum atomic E-state index is 10.7. The zero-order valence-corrected chi connectivity index (χ0v) is 7.96. The zero-order valence-electron chi connectivity index (χ0n) is 7.96. The van der Waals surface area contributed by atoms with Crippen LogP contribution in [-0.4, -0.2) is 54.5 Å². The molecule has 1 aromatic rings. The fourth-order valence-corrected chi connectivity index (χ4v) is 1.37. The van der Waals surface area contributed by atoms with Crippen molar-refractivity contribution in [2.45, 2.75) is 24.7 Å². The third kappa shape index (κ3) is 1.65. The van der Waals surface area contributed by atoms with Gasteiger partial charge in [0.15, 0.2) is 12.5 Å². The maximum Gasteiger partial charge on any atom is 0.288 e. The lowest BCUT2D eigenvalue weighted by Crippen LogP contribution is -2.31. The molecule has 16 heavy (non-hydrogen) atoms. The van der Waals surface area contributed by atoms with Crippen molar-refractivity contribution in [3.8, 4) is 0 Å². The smallest absolute Gasteiger partial charge is 0.288 e. The first-order valence-corrected chi connectivity index (χ1v) is 4.41. The number of nitrogens with zero attached hydrogens (tertiary/aromatic N) is 3. The lowest BCUT2D eigenvalue weighted by Gasteiger charge is -2.13. The van der Waals surface area contributed by atoms with Gasteiger partial charge in [-0.25, -0.2) is 9.67 Å². The van der Waals surface area contributed by atoms with E-state index in [2.05, 4.69) is 10.1 Å². The summed E-state index contributed by atoms with van der Waals surface area (Å²) in [5, 5.41) is 31.5. The first-order valence-electron chi connectivity index (χ1n) is 4.41. The number of ether oxygens (including phenoxy) is 1. The standard InChI is InChI=1S/C7H10N4O5/c8-4(14)5-9-1-11(10-5)6-2(12)3(13)7(15)16-6/h1-3,6-7,12-13,15H,(H2,8,14)/t2-,3+,6-,7+/m1/s1. The molecule has 5 N–H and O–H groups in total. The van der Waals surface area contributed by atoms with E-state index in [9.17, 15) is 15.0 Å². The zero-order chi connectivity index (χ0) is 11.9. The SMILES string of the molecule is NC(=O)c1ncn([C@@H]2O[C@H](O)[C@@H](O)[C@H]2O)n1. The Morgan fingerprint density at radius 3 is 2.56 bits per heavy atom. The van der Waals surface area contributed by atoms with E-state index < -0.39 is 30.6 Å². The number of nitrogens with two attached hydrogens (primary N) is 1. The minimum Gasteiger partial charge on any atom is -0.385 e. The maximum absolute atomic E-state index is 10.7. The molecular formula is C7H10N4O5. The highest BCUT2D eigenvalue weighted by atomic mass is 16.7. The molecule has 1 aromatic heterocycles. The van der Waals surface area contributed by atoms with Gasteiger partial charge in [-0.3, -0.25) is 4.79 Å². The van der Waals surface area contributed by atoms with Gasteiger partial charge >= 0.3 is 0 Å². The van der Waals surface area contributed by atoms with Crippen LogP contribution in [0.2, 0.25) is 0 Å². The molecule has 88 valence electrons. The average molecular weight is 230 g/mol. The normalized spacial score (nSPS) is 34.2. The molecule has 1 fully saturated rings. The van der Waals surface area contributed by atoms with Gasteiger partial charge in [-0.1, -0.05) is 0 Å². The van der Waals surface area contributed by atoms with Crippen LogP contribution in [0.4, 0.5) is 0 Å². The number of hydrogen-bond acceptors (Lipinski definition) is 7. The van der Waals surface area contributed by atoms with Gasteiger partial charge in [-0.05, 0) is 0 Å². The Morgan fingerprint density at radius 1 is 1.44 bits per heavy atom. The van der Waals surface area contributed by atoms with Crippen LogP contribution in [0.3, 0.4) is 0 Å². The van der Waals surface area contributed by atoms with Gasteiger partial charge in [0.2, 0.25) is 5.82 Å². The molecule has 1 aliphatic heterocycles. The van der Waals surface area contributed by atoms with E-state index in [0.29, 0.717) is 0 Å². The molecule has 2 rings (SSSR count). The summed E-state index contributed by atoms with van der Waals surface area (Å²) in [6, 6.07) is 0. The van der Waals surface area contributed by atoms with Crippen LogP contribution in [0.15, 0.2) is 6.33 Å². The highest BCUT2D eigenvalue weighted by Gasteiger charge is 2.43. The van der Waals surface area contributed by atoms with Crippen molar-refractivity contribution < 1.29 is 24.9 Å². The number of aliphatic hydroxyl groups excluding tert-OH is 3. The largest absolute Gasteiger partial charge is 0.385 e. The van der Waals surface area contributed by atoms with Gasteiger partial charge in [-0.15, -0.1) is 5.10 Å². The number of aliphatic hydroxyl groups is 3. The second-order valence-corrected chi connectivity index (χ2v) is 3.31. The highest BCUT2D eigenvalue weighted by Crippen LogP contribution is 2.26. The topological polar surface area (TPSA) is 144 Å². The first-order chi connectivity index (χ1) is 7.50. The van der Waals surface area contributed by atoms with Crippen molar-refractivity contribution in [3.05, 3.63) is 12.2 Å². The third-order valence-corrected chi connectivity index (χ3v) is 2.20. The van der Waals surface area contributed by atoms with Crippen molar-refractivity contribution >= 4 is 5.91 Å². The molecule has 9 nitrogen and oxygen atoms in total. The summed E-state index contributed by atoms with van der Waals surface area (Å²) in [6.07, 6.45) is -4.31. The number of amides is 1. The molecule has 0 aliphatic carbocycles. The Morgan fingerprint density at radius 2 is 2.12 bits per heavy atom. The molecule has 9 heteroatoms. The van der Waals surface area contributed by atoms with E-state index in [1.807, 2.05) is 0 Å². The van der Waals surface area contributed by atoms with Gasteiger partial charge in [0.05, 0.1) is 0 Å². The Hall–Kier alpha value is -1.55. The molecule has 1 saturated heterocycles. The predicted molar refractivity (Wildman–Crippen MR) is 46.7 cm³/mol. The summed E-state index contributed by atoms with van der Waals surface area (Å²) < 4.78 is 5.83. The van der Waals surface area contributed by atoms with Crippen molar-refractivity contribution in [3.63, 3.8) is 0 Å². The molecular weight excluding hydrogens is 220 g/mol. The quantitative estimate of drug-likeness (QED) is 0.422.